The first-order valence-corrected chi connectivity index (χ1v) is 13.0. The monoisotopic (exact) mass is 569 g/mol. The van der Waals surface area contributed by atoms with Gasteiger partial charge in [-0.05, 0) is 84.9 Å². The van der Waals surface area contributed by atoms with E-state index in [1.165, 1.54) is 18.2 Å². The van der Waals surface area contributed by atoms with Gasteiger partial charge in [-0.1, -0.05) is 19.9 Å². The van der Waals surface area contributed by atoms with Crippen LogP contribution >= 0.6 is 0 Å². The number of hydrogen-bond donors (Lipinski definition) is 2. The normalized spacial score (nSPS) is 14.0. The van der Waals surface area contributed by atoms with E-state index < -0.39 is 53.7 Å². The fourth-order valence-corrected chi connectivity index (χ4v) is 3.28. The fraction of sp³-hybridized carbons (Fsp3) is 0.643. The van der Waals surface area contributed by atoms with Gasteiger partial charge < -0.3 is 39.3 Å². The summed E-state index contributed by atoms with van der Waals surface area (Å²) in [5.41, 5.74) is 4.58. The molecule has 0 amide bonds. The number of hydrogen-bond acceptors (Lipinski definition) is 11. The van der Waals surface area contributed by atoms with Gasteiger partial charge in [-0.25, -0.2) is 14.4 Å². The summed E-state index contributed by atoms with van der Waals surface area (Å²) in [6.07, 6.45) is -3.15. The van der Waals surface area contributed by atoms with Gasteiger partial charge >= 0.3 is 24.4 Å². The van der Waals surface area contributed by atoms with Crippen molar-refractivity contribution >= 4 is 24.4 Å². The van der Waals surface area contributed by atoms with Crippen LogP contribution in [-0.2, 0) is 23.7 Å². The van der Waals surface area contributed by atoms with E-state index in [2.05, 4.69) is 0 Å². The summed E-state index contributed by atoms with van der Waals surface area (Å²) in [4.78, 5) is 48.6. The van der Waals surface area contributed by atoms with E-state index in [1.807, 2.05) is 13.8 Å². The van der Waals surface area contributed by atoms with Crippen molar-refractivity contribution < 1.29 is 52.7 Å². The van der Waals surface area contributed by atoms with Gasteiger partial charge in [-0.2, -0.15) is 0 Å². The molecule has 0 fully saturated rings. The Morgan fingerprint density at radius 3 is 1.85 bits per heavy atom. The van der Waals surface area contributed by atoms with Crippen molar-refractivity contribution in [2.24, 2.45) is 11.7 Å². The predicted octanol–water partition coefficient (Wildman–Crippen LogP) is 5.79. The maximum Gasteiger partial charge on any atom is 0.514 e. The van der Waals surface area contributed by atoms with Crippen molar-refractivity contribution in [3.8, 4) is 11.5 Å². The molecule has 40 heavy (non-hydrogen) atoms. The van der Waals surface area contributed by atoms with Crippen molar-refractivity contribution in [1.29, 1.82) is 0 Å². The van der Waals surface area contributed by atoms with Gasteiger partial charge in [0.2, 0.25) is 0 Å². The molecule has 3 atom stereocenters. The van der Waals surface area contributed by atoms with Crippen LogP contribution in [0.4, 0.5) is 14.4 Å². The van der Waals surface area contributed by atoms with Crippen LogP contribution in [0, 0.1) is 5.92 Å². The van der Waals surface area contributed by atoms with E-state index in [0.29, 0.717) is 17.9 Å². The molecule has 12 heteroatoms. The zero-order chi connectivity index (χ0) is 30.8. The Balaban J connectivity index is 3.30. The molecular formula is C28H43NO11. The second-order valence-electron chi connectivity index (χ2n) is 11.8. The second-order valence-corrected chi connectivity index (χ2v) is 11.8. The van der Waals surface area contributed by atoms with Gasteiger partial charge in [0, 0.05) is 5.92 Å². The van der Waals surface area contributed by atoms with Crippen LogP contribution in [0.1, 0.15) is 86.6 Å². The summed E-state index contributed by atoms with van der Waals surface area (Å²) in [6, 6.07) is 2.66. The van der Waals surface area contributed by atoms with Crippen molar-refractivity contribution in [2.45, 2.75) is 104 Å². The lowest BCUT2D eigenvalue weighted by atomic mass is 9.87. The Morgan fingerprint density at radius 1 is 0.850 bits per heavy atom. The first-order chi connectivity index (χ1) is 18.3. The first-order valence-electron chi connectivity index (χ1n) is 13.0. The molecule has 0 aliphatic rings. The standard InChI is InChI=1S/C28H43NO11/c1-16(2)12-13-35-24(32)36-17(3)14-19(22(29)23(30)31)18-10-11-20(37-25(33)39-27(4,5)6)21(15-18)38-26(34)40-28(7,8)9/h10-11,15-17,19,22H,12-14,29H2,1-9H3,(H,30,31)/t17?,19?,22-/m0/s1. The third-order valence-electron chi connectivity index (χ3n) is 5.08. The Kier molecular flexibility index (Phi) is 12.7. The lowest BCUT2D eigenvalue weighted by Gasteiger charge is -2.25. The largest absolute Gasteiger partial charge is 0.514 e. The average Bonchev–Trinajstić information content (AvgIpc) is 2.75. The molecule has 12 nitrogen and oxygen atoms in total. The summed E-state index contributed by atoms with van der Waals surface area (Å²) in [6.45, 7) is 15.6. The van der Waals surface area contributed by atoms with Gasteiger partial charge in [0.25, 0.3) is 0 Å². The molecule has 0 heterocycles. The number of ether oxygens (including phenoxy) is 6. The highest BCUT2D eigenvalue weighted by atomic mass is 16.8. The average molecular weight is 570 g/mol. The van der Waals surface area contributed by atoms with E-state index in [1.54, 1.807) is 48.5 Å². The summed E-state index contributed by atoms with van der Waals surface area (Å²) >= 11 is 0. The minimum absolute atomic E-state index is 0.00903. The molecule has 2 unspecified atom stereocenters. The fourth-order valence-electron chi connectivity index (χ4n) is 3.28. The van der Waals surface area contributed by atoms with Crippen LogP contribution in [0.2, 0.25) is 0 Å². The van der Waals surface area contributed by atoms with Gasteiger partial charge in [-0.3, -0.25) is 4.79 Å². The zero-order valence-corrected chi connectivity index (χ0v) is 24.8. The van der Waals surface area contributed by atoms with Crippen molar-refractivity contribution in [2.75, 3.05) is 6.61 Å². The Labute approximate surface area is 235 Å². The number of nitrogens with two attached hydrogens (primary N) is 1. The van der Waals surface area contributed by atoms with Gasteiger partial charge in [0.1, 0.15) is 23.3 Å². The maximum atomic E-state index is 12.4. The molecule has 226 valence electrons. The lowest BCUT2D eigenvalue weighted by Crippen LogP contribution is -2.38. The number of carboxylic acid groups (broad SMARTS) is 1. The van der Waals surface area contributed by atoms with Crippen LogP contribution in [0.15, 0.2) is 18.2 Å². The molecule has 1 aromatic rings. The summed E-state index contributed by atoms with van der Waals surface area (Å²) in [5, 5.41) is 9.65. The van der Waals surface area contributed by atoms with E-state index in [4.69, 9.17) is 34.2 Å². The highest BCUT2D eigenvalue weighted by Gasteiger charge is 2.31. The number of rotatable bonds is 11. The topological polar surface area (TPSA) is 170 Å². The summed E-state index contributed by atoms with van der Waals surface area (Å²) in [7, 11) is 0. The van der Waals surface area contributed by atoms with Crippen LogP contribution in [-0.4, -0.2) is 59.5 Å². The molecule has 0 bridgehead atoms. The zero-order valence-electron chi connectivity index (χ0n) is 24.8. The molecule has 0 spiro atoms. The highest BCUT2D eigenvalue weighted by Crippen LogP contribution is 2.35. The summed E-state index contributed by atoms with van der Waals surface area (Å²) < 4.78 is 31.3. The number of carbonyl (C=O) groups excluding carboxylic acids is 3. The third-order valence-corrected chi connectivity index (χ3v) is 5.08. The number of benzene rings is 1. The van der Waals surface area contributed by atoms with E-state index in [9.17, 15) is 24.3 Å². The minimum Gasteiger partial charge on any atom is -0.480 e. The molecule has 0 aliphatic carbocycles. The highest BCUT2D eigenvalue weighted by molar-refractivity contribution is 5.75. The van der Waals surface area contributed by atoms with Crippen LogP contribution in [0.5, 0.6) is 11.5 Å². The number of aliphatic carboxylic acids is 1. The molecular weight excluding hydrogens is 526 g/mol. The van der Waals surface area contributed by atoms with Crippen LogP contribution < -0.4 is 15.2 Å². The van der Waals surface area contributed by atoms with Crippen molar-refractivity contribution in [3.63, 3.8) is 0 Å². The van der Waals surface area contributed by atoms with Gasteiger partial charge in [-0.15, -0.1) is 0 Å². The van der Waals surface area contributed by atoms with E-state index in [-0.39, 0.29) is 24.5 Å². The Morgan fingerprint density at radius 2 is 1.38 bits per heavy atom. The van der Waals surface area contributed by atoms with Crippen LogP contribution in [0.25, 0.3) is 0 Å². The third kappa shape index (κ3) is 13.5. The number of carboxylic acids is 1. The van der Waals surface area contributed by atoms with Crippen LogP contribution in [0.3, 0.4) is 0 Å². The minimum atomic E-state index is -1.42. The SMILES string of the molecule is CC(C)CCOC(=O)OC(C)CC(c1ccc(OC(=O)OC(C)(C)C)c(OC(=O)OC(C)(C)C)c1)[C@H](N)C(=O)O. The molecule has 0 aliphatic heterocycles. The molecule has 3 N–H and O–H groups in total. The second kappa shape index (κ2) is 14.7. The number of carbonyl (C=O) groups is 4. The Hall–Kier alpha value is -3.54. The smallest absolute Gasteiger partial charge is 0.480 e. The van der Waals surface area contributed by atoms with Gasteiger partial charge in [0.15, 0.2) is 11.5 Å². The summed E-state index contributed by atoms with van der Waals surface area (Å²) in [5.74, 6) is -2.29. The molecule has 0 radical (unpaired) electrons. The molecule has 1 rings (SSSR count). The van der Waals surface area contributed by atoms with Crippen molar-refractivity contribution in [3.05, 3.63) is 23.8 Å². The molecule has 0 aromatic heterocycles. The van der Waals surface area contributed by atoms with E-state index in [0.717, 1.165) is 0 Å². The van der Waals surface area contributed by atoms with E-state index >= 15 is 0 Å². The first kappa shape index (κ1) is 34.5. The quantitative estimate of drug-likeness (QED) is 0.187. The Bertz CT molecular complexity index is 1020. The predicted molar refractivity (Wildman–Crippen MR) is 144 cm³/mol. The molecule has 0 saturated carbocycles. The van der Waals surface area contributed by atoms with Crippen molar-refractivity contribution in [1.82, 2.24) is 0 Å². The maximum absolute atomic E-state index is 12.4. The molecule has 0 saturated heterocycles. The molecule has 1 aromatic carbocycles. The lowest BCUT2D eigenvalue weighted by molar-refractivity contribution is -0.139. The van der Waals surface area contributed by atoms with Gasteiger partial charge in [0.05, 0.1) is 6.61 Å².